The topological polar surface area (TPSA) is 62.5 Å². The summed E-state index contributed by atoms with van der Waals surface area (Å²) < 4.78 is 6.19. The van der Waals surface area contributed by atoms with Crippen molar-refractivity contribution in [2.24, 2.45) is 0 Å². The van der Waals surface area contributed by atoms with E-state index in [4.69, 9.17) is 16.1 Å². The van der Waals surface area contributed by atoms with Gasteiger partial charge < -0.3 is 9.42 Å². The van der Waals surface area contributed by atoms with Crippen LogP contribution in [0.5, 0.6) is 0 Å². The fraction of sp³-hybridized carbons (Fsp3) is 0.435. The van der Waals surface area contributed by atoms with Gasteiger partial charge in [-0.25, -0.2) is 0 Å². The third-order valence-corrected chi connectivity index (χ3v) is 6.87. The monoisotopic (exact) mass is 458 g/mol. The maximum absolute atomic E-state index is 12.5. The highest BCUT2D eigenvalue weighted by atomic mass is 35.5. The molecule has 1 aliphatic rings. The summed E-state index contributed by atoms with van der Waals surface area (Å²) in [7, 11) is 0. The van der Waals surface area contributed by atoms with Crippen LogP contribution in [0.25, 0.3) is 11.4 Å². The maximum Gasteiger partial charge on any atom is 0.227 e. The summed E-state index contributed by atoms with van der Waals surface area (Å²) in [6, 6.07) is 12.0. The van der Waals surface area contributed by atoms with Crippen molar-refractivity contribution in [3.8, 4) is 11.4 Å². The van der Waals surface area contributed by atoms with Gasteiger partial charge in [0.2, 0.25) is 17.6 Å². The molecule has 0 atom stereocenters. The zero-order chi connectivity index (χ0) is 21.6. The van der Waals surface area contributed by atoms with Crippen molar-refractivity contribution in [1.82, 2.24) is 19.9 Å². The average Bonchev–Trinajstić information content (AvgIpc) is 3.42. The second-order valence-corrected chi connectivity index (χ2v) is 9.71. The SMILES string of the molecule is Cc1ccc(-c2noc(CCCN3CCN(C(=O)CCc4ccc(Cl)s4)CC3)n2)cc1. The first-order valence-corrected chi connectivity index (χ1v) is 11.9. The van der Waals surface area contributed by atoms with E-state index in [0.29, 0.717) is 18.1 Å². The number of rotatable bonds is 8. The summed E-state index contributed by atoms with van der Waals surface area (Å²) in [4.78, 5) is 22.5. The van der Waals surface area contributed by atoms with Gasteiger partial charge in [-0.2, -0.15) is 4.98 Å². The van der Waals surface area contributed by atoms with Gasteiger partial charge in [-0.3, -0.25) is 9.69 Å². The Morgan fingerprint density at radius 2 is 1.87 bits per heavy atom. The van der Waals surface area contributed by atoms with Crippen molar-refractivity contribution in [3.05, 3.63) is 57.1 Å². The lowest BCUT2D eigenvalue weighted by atomic mass is 10.1. The van der Waals surface area contributed by atoms with Crippen LogP contribution in [-0.4, -0.2) is 58.6 Å². The summed E-state index contributed by atoms with van der Waals surface area (Å²) >= 11 is 7.51. The number of nitrogens with zero attached hydrogens (tertiary/aromatic N) is 4. The molecule has 8 heteroatoms. The third-order valence-electron chi connectivity index (χ3n) is 5.58. The Balaban J connectivity index is 1.15. The van der Waals surface area contributed by atoms with Gasteiger partial charge in [-0.05, 0) is 38.4 Å². The molecule has 31 heavy (non-hydrogen) atoms. The first-order valence-electron chi connectivity index (χ1n) is 10.7. The highest BCUT2D eigenvalue weighted by molar-refractivity contribution is 7.16. The van der Waals surface area contributed by atoms with Crippen molar-refractivity contribution >= 4 is 28.8 Å². The van der Waals surface area contributed by atoms with Gasteiger partial charge in [-0.15, -0.1) is 11.3 Å². The Kier molecular flexibility index (Phi) is 7.37. The lowest BCUT2D eigenvalue weighted by molar-refractivity contribution is -0.132. The van der Waals surface area contributed by atoms with Crippen LogP contribution in [0.3, 0.4) is 0 Å². The molecular formula is C23H27ClN4O2S. The number of aromatic nitrogens is 2. The molecule has 1 aliphatic heterocycles. The normalized spacial score (nSPS) is 14.8. The largest absolute Gasteiger partial charge is 0.340 e. The summed E-state index contributed by atoms with van der Waals surface area (Å²) in [5.74, 6) is 1.56. The van der Waals surface area contributed by atoms with Crippen molar-refractivity contribution in [3.63, 3.8) is 0 Å². The highest BCUT2D eigenvalue weighted by Crippen LogP contribution is 2.23. The number of carbonyl (C=O) groups excluding carboxylic acids is 1. The average molecular weight is 459 g/mol. The minimum atomic E-state index is 0.235. The van der Waals surface area contributed by atoms with E-state index in [2.05, 4.69) is 22.0 Å². The molecule has 3 aromatic rings. The smallest absolute Gasteiger partial charge is 0.227 e. The molecule has 4 rings (SSSR count). The van der Waals surface area contributed by atoms with Gasteiger partial charge >= 0.3 is 0 Å². The van der Waals surface area contributed by atoms with Crippen molar-refractivity contribution in [2.45, 2.75) is 32.6 Å². The highest BCUT2D eigenvalue weighted by Gasteiger charge is 2.21. The lowest BCUT2D eigenvalue weighted by Gasteiger charge is -2.34. The Morgan fingerprint density at radius 1 is 1.10 bits per heavy atom. The van der Waals surface area contributed by atoms with Crippen LogP contribution in [-0.2, 0) is 17.6 Å². The van der Waals surface area contributed by atoms with E-state index in [-0.39, 0.29) is 5.91 Å². The van der Waals surface area contributed by atoms with Gasteiger partial charge in [0.1, 0.15) is 0 Å². The minimum Gasteiger partial charge on any atom is -0.340 e. The molecule has 1 fully saturated rings. The number of carbonyl (C=O) groups is 1. The Morgan fingerprint density at radius 3 is 2.58 bits per heavy atom. The van der Waals surface area contributed by atoms with Crippen LogP contribution in [0.1, 0.15) is 29.2 Å². The van der Waals surface area contributed by atoms with E-state index in [1.54, 1.807) is 11.3 Å². The third kappa shape index (κ3) is 6.15. The van der Waals surface area contributed by atoms with Crippen LogP contribution in [0, 0.1) is 6.92 Å². The zero-order valence-electron chi connectivity index (χ0n) is 17.7. The molecular weight excluding hydrogens is 432 g/mol. The Labute approximate surface area is 191 Å². The van der Waals surface area contributed by atoms with Crippen LogP contribution >= 0.6 is 22.9 Å². The van der Waals surface area contributed by atoms with Gasteiger partial charge in [0, 0.05) is 49.5 Å². The molecule has 1 aromatic carbocycles. The van der Waals surface area contributed by atoms with Crippen LogP contribution < -0.4 is 0 Å². The molecule has 0 spiro atoms. The number of hydrogen-bond donors (Lipinski definition) is 0. The predicted molar refractivity (Wildman–Crippen MR) is 123 cm³/mol. The number of halogens is 1. The van der Waals surface area contributed by atoms with Gasteiger partial charge in [0.05, 0.1) is 4.34 Å². The number of aryl methyl sites for hydroxylation is 3. The lowest BCUT2D eigenvalue weighted by Crippen LogP contribution is -2.48. The minimum absolute atomic E-state index is 0.235. The van der Waals surface area contributed by atoms with Gasteiger partial charge in [0.25, 0.3) is 0 Å². The van der Waals surface area contributed by atoms with Gasteiger partial charge in [-0.1, -0.05) is 46.6 Å². The number of benzene rings is 1. The van der Waals surface area contributed by atoms with Crippen molar-refractivity contribution in [2.75, 3.05) is 32.7 Å². The molecule has 1 saturated heterocycles. The standard InChI is InChI=1S/C23H27ClN4O2S/c1-17-4-6-18(7-5-17)23-25-21(30-26-23)3-2-12-27-13-15-28(16-14-27)22(29)11-9-19-8-10-20(24)31-19/h4-8,10H,2-3,9,11-16H2,1H3. The second-order valence-electron chi connectivity index (χ2n) is 7.91. The van der Waals surface area contributed by atoms with E-state index in [1.165, 1.54) is 10.4 Å². The number of amides is 1. The Bertz CT molecular complexity index is 993. The molecule has 0 aliphatic carbocycles. The van der Waals surface area contributed by atoms with Crippen LogP contribution in [0.4, 0.5) is 0 Å². The molecule has 0 unspecified atom stereocenters. The summed E-state index contributed by atoms with van der Waals surface area (Å²) in [5, 5.41) is 4.10. The first-order chi connectivity index (χ1) is 15.1. The molecule has 1 amide bonds. The molecule has 3 heterocycles. The maximum atomic E-state index is 12.5. The van der Waals surface area contributed by atoms with E-state index in [9.17, 15) is 4.79 Å². The van der Waals surface area contributed by atoms with Crippen molar-refractivity contribution < 1.29 is 9.32 Å². The van der Waals surface area contributed by atoms with E-state index in [0.717, 1.165) is 61.9 Å². The predicted octanol–water partition coefficient (Wildman–Crippen LogP) is 4.47. The molecule has 164 valence electrons. The number of thiophene rings is 1. The van der Waals surface area contributed by atoms with E-state index in [1.807, 2.05) is 41.3 Å². The molecule has 0 radical (unpaired) electrons. The fourth-order valence-electron chi connectivity index (χ4n) is 3.73. The van der Waals surface area contributed by atoms with E-state index >= 15 is 0 Å². The fourth-order valence-corrected chi connectivity index (χ4v) is 4.81. The summed E-state index contributed by atoms with van der Waals surface area (Å²) in [6.45, 7) is 6.44. The van der Waals surface area contributed by atoms with Crippen molar-refractivity contribution in [1.29, 1.82) is 0 Å². The molecule has 0 bridgehead atoms. The Hall–Kier alpha value is -2.22. The first kappa shape index (κ1) is 22.0. The summed E-state index contributed by atoms with van der Waals surface area (Å²) in [5.41, 5.74) is 2.19. The molecule has 0 N–H and O–H groups in total. The second kappa shape index (κ2) is 10.4. The van der Waals surface area contributed by atoms with Crippen LogP contribution in [0.2, 0.25) is 4.34 Å². The molecule has 2 aromatic heterocycles. The number of hydrogen-bond acceptors (Lipinski definition) is 6. The molecule has 6 nitrogen and oxygen atoms in total. The summed E-state index contributed by atoms with van der Waals surface area (Å²) in [6.07, 6.45) is 3.05. The number of piperazine rings is 1. The van der Waals surface area contributed by atoms with E-state index < -0.39 is 0 Å². The van der Waals surface area contributed by atoms with Crippen LogP contribution in [0.15, 0.2) is 40.9 Å². The van der Waals surface area contributed by atoms with Gasteiger partial charge in [0.15, 0.2) is 0 Å². The quantitative estimate of drug-likeness (QED) is 0.498. The zero-order valence-corrected chi connectivity index (χ0v) is 19.3. The molecule has 0 saturated carbocycles.